The predicted molar refractivity (Wildman–Crippen MR) is 114 cm³/mol. The van der Waals surface area contributed by atoms with E-state index in [1.807, 2.05) is 0 Å². The normalized spacial score (nSPS) is 12.6. The number of hydrogen-bond acceptors (Lipinski definition) is 11. The first kappa shape index (κ1) is 29.5. The molecule has 3 aromatic carbocycles. The fraction of sp³-hybridized carbons (Fsp3) is 0. The first-order valence-electron chi connectivity index (χ1n) is 9.04. The average Bonchev–Trinajstić information content (AvgIpc) is 2.72. The van der Waals surface area contributed by atoms with Crippen LogP contribution >= 0.6 is 0 Å². The third kappa shape index (κ3) is 5.34. The van der Waals surface area contributed by atoms with Gasteiger partial charge in [0, 0.05) is 22.5 Å². The zero-order valence-electron chi connectivity index (χ0n) is 18.4. The molecule has 170 valence electrons. The van der Waals surface area contributed by atoms with Crippen LogP contribution in [0.1, 0.15) is 31.8 Å². The van der Waals surface area contributed by atoms with E-state index in [2.05, 4.69) is 5.32 Å². The number of nitrogens with one attached hydrogen (secondary N) is 1. The van der Waals surface area contributed by atoms with Crippen molar-refractivity contribution in [1.82, 2.24) is 0 Å². The molecule has 0 fully saturated rings. The average molecular weight is 533 g/mol. The minimum absolute atomic E-state index is 0. The Bertz CT molecular complexity index is 1610. The van der Waals surface area contributed by atoms with Gasteiger partial charge in [-0.15, -0.1) is 0 Å². The van der Waals surface area contributed by atoms with Crippen LogP contribution in [-0.2, 0) is 20.2 Å². The van der Waals surface area contributed by atoms with Crippen LogP contribution in [0.5, 0.6) is 0 Å². The molecule has 4 rings (SSSR count). The summed E-state index contributed by atoms with van der Waals surface area (Å²) in [6.45, 7) is 0. The number of benzene rings is 3. The topological polar surface area (TPSA) is 213 Å². The van der Waals surface area contributed by atoms with Gasteiger partial charge in [-0.1, -0.05) is 24.3 Å². The summed E-state index contributed by atoms with van der Waals surface area (Å²) in [6.07, 6.45) is 0. The van der Waals surface area contributed by atoms with Crippen LogP contribution in [-0.4, -0.2) is 37.5 Å². The number of hydrogen-bond donors (Lipinski definition) is 3. The molecular formula is C20H13N3Na2O8S2. The third-order valence-electron chi connectivity index (χ3n) is 5.03. The van der Waals surface area contributed by atoms with Crippen molar-refractivity contribution < 1.29 is 94.6 Å². The Kier molecular flexibility index (Phi) is 8.67. The van der Waals surface area contributed by atoms with Crippen molar-refractivity contribution in [3.05, 3.63) is 70.8 Å². The van der Waals surface area contributed by atoms with E-state index in [1.165, 1.54) is 30.3 Å². The summed E-state index contributed by atoms with van der Waals surface area (Å²) in [4.78, 5) is 24.6. The van der Waals surface area contributed by atoms with Crippen molar-refractivity contribution in [3.8, 4) is 0 Å². The molecule has 11 nitrogen and oxygen atoms in total. The zero-order valence-corrected chi connectivity index (χ0v) is 24.0. The molecule has 0 unspecified atom stereocenters. The first-order chi connectivity index (χ1) is 15.3. The van der Waals surface area contributed by atoms with Crippen LogP contribution < -0.4 is 75.9 Å². The number of rotatable bonds is 4. The van der Waals surface area contributed by atoms with E-state index in [9.17, 15) is 35.5 Å². The summed E-state index contributed by atoms with van der Waals surface area (Å²) >= 11 is 0. The maximum absolute atomic E-state index is 13.2. The fourth-order valence-electron chi connectivity index (χ4n) is 3.58. The van der Waals surface area contributed by atoms with Gasteiger partial charge in [0.05, 0.1) is 32.3 Å². The van der Waals surface area contributed by atoms with Gasteiger partial charge in [0.2, 0.25) is 0 Å². The van der Waals surface area contributed by atoms with Gasteiger partial charge in [0.1, 0.15) is 20.2 Å². The fourth-order valence-corrected chi connectivity index (χ4v) is 4.84. The van der Waals surface area contributed by atoms with Crippen LogP contribution in [0.4, 0.5) is 22.7 Å². The molecule has 1 aliphatic rings. The van der Waals surface area contributed by atoms with Gasteiger partial charge < -0.3 is 25.9 Å². The Morgan fingerprint density at radius 2 is 1.23 bits per heavy atom. The second-order valence-electron chi connectivity index (χ2n) is 7.08. The van der Waals surface area contributed by atoms with E-state index in [1.54, 1.807) is 0 Å². The van der Waals surface area contributed by atoms with Crippen LogP contribution in [0.2, 0.25) is 0 Å². The van der Waals surface area contributed by atoms with Crippen LogP contribution in [0.15, 0.2) is 58.3 Å². The van der Waals surface area contributed by atoms with Gasteiger partial charge in [-0.05, 0) is 24.3 Å². The maximum atomic E-state index is 13.2. The molecule has 0 aromatic heterocycles. The minimum Gasteiger partial charge on any atom is -0.744 e. The summed E-state index contributed by atoms with van der Waals surface area (Å²) in [7, 11) is -10.1. The molecule has 0 saturated carbocycles. The van der Waals surface area contributed by atoms with E-state index in [-0.39, 0.29) is 92.9 Å². The molecule has 0 radical (unpaired) electrons. The molecule has 0 saturated heterocycles. The molecule has 1 aliphatic carbocycles. The van der Waals surface area contributed by atoms with Crippen LogP contribution in [0.3, 0.4) is 0 Å². The summed E-state index contributed by atoms with van der Waals surface area (Å²) in [5.41, 5.74) is 9.17. The second-order valence-corrected chi connectivity index (χ2v) is 9.77. The molecule has 0 atom stereocenters. The molecule has 5 N–H and O–H groups in total. The van der Waals surface area contributed by atoms with Gasteiger partial charge in [0.15, 0.2) is 11.6 Å². The maximum Gasteiger partial charge on any atom is 1.00 e. The van der Waals surface area contributed by atoms with Gasteiger partial charge in [-0.3, -0.25) is 9.59 Å². The van der Waals surface area contributed by atoms with E-state index >= 15 is 0 Å². The summed E-state index contributed by atoms with van der Waals surface area (Å²) in [5, 5.41) is 2.60. The van der Waals surface area contributed by atoms with Crippen molar-refractivity contribution >= 4 is 54.6 Å². The SMILES string of the molecule is Nc1ccc(Nc2cc(S(=O)(=O)[O-])c(N)c3c2C(=O)c2ccccc2C3=O)cc1S(=O)(=O)[O-].[Na+].[Na+]. The van der Waals surface area contributed by atoms with E-state index in [4.69, 9.17) is 11.5 Å². The molecule has 0 bridgehead atoms. The van der Waals surface area contributed by atoms with Crippen molar-refractivity contribution in [1.29, 1.82) is 0 Å². The Balaban J connectivity index is 0.00000216. The van der Waals surface area contributed by atoms with Crippen molar-refractivity contribution in [3.63, 3.8) is 0 Å². The van der Waals surface area contributed by atoms with E-state index in [0.717, 1.165) is 18.2 Å². The largest absolute Gasteiger partial charge is 1.00 e. The number of anilines is 4. The second kappa shape index (κ2) is 10.3. The van der Waals surface area contributed by atoms with Crippen molar-refractivity contribution in [2.24, 2.45) is 0 Å². The monoisotopic (exact) mass is 533 g/mol. The first-order valence-corrected chi connectivity index (χ1v) is 11.9. The molecule has 0 aliphatic heterocycles. The smallest absolute Gasteiger partial charge is 0.744 e. The van der Waals surface area contributed by atoms with Crippen molar-refractivity contribution in [2.45, 2.75) is 9.79 Å². The standard InChI is InChI=1S/C20H15N3O8S2.2Na/c21-12-6-5-9(7-14(12)32(26,27)28)23-13-8-15(33(29,30)31)18(22)17-16(13)19(24)10-3-1-2-4-11(10)20(17)25;;/h1-8,23H,21-22H2,(H,26,27,28)(H,29,30,31);;/q;2*+1/p-2. The van der Waals surface area contributed by atoms with Gasteiger partial charge in [-0.25, -0.2) is 16.8 Å². The molecule has 0 heterocycles. The van der Waals surface area contributed by atoms with E-state index < -0.39 is 52.8 Å². The quantitative estimate of drug-likeness (QED) is 0.129. The minimum atomic E-state index is -5.18. The molecule has 3 aromatic rings. The Morgan fingerprint density at radius 1 is 0.714 bits per heavy atom. The Labute approximate surface area is 244 Å². The number of fused-ring (bicyclic) bond motifs is 2. The molecule has 0 amide bonds. The number of carbonyl (C=O) groups excluding carboxylic acids is 2. The third-order valence-corrected chi connectivity index (χ3v) is 6.80. The molecule has 0 spiro atoms. The van der Waals surface area contributed by atoms with Gasteiger partial charge in [0.25, 0.3) is 0 Å². The predicted octanol–water partition coefficient (Wildman–Crippen LogP) is -4.81. The Hall–Kier alpha value is -1.78. The summed E-state index contributed by atoms with van der Waals surface area (Å²) < 4.78 is 69.8. The number of ketones is 2. The summed E-state index contributed by atoms with van der Waals surface area (Å²) in [5.74, 6) is -1.46. The van der Waals surface area contributed by atoms with Crippen LogP contribution in [0.25, 0.3) is 0 Å². The molecule has 15 heteroatoms. The van der Waals surface area contributed by atoms with Gasteiger partial charge >= 0.3 is 59.1 Å². The Morgan fingerprint density at radius 3 is 1.74 bits per heavy atom. The van der Waals surface area contributed by atoms with E-state index in [0.29, 0.717) is 0 Å². The molecule has 35 heavy (non-hydrogen) atoms. The number of nitrogens with two attached hydrogens (primary N) is 2. The zero-order chi connectivity index (χ0) is 24.3. The molecular weight excluding hydrogens is 520 g/mol. The summed E-state index contributed by atoms with van der Waals surface area (Å²) in [6, 6.07) is 9.76. The number of carbonyl (C=O) groups is 2. The van der Waals surface area contributed by atoms with Crippen LogP contribution in [0, 0.1) is 0 Å². The van der Waals surface area contributed by atoms with Gasteiger partial charge in [-0.2, -0.15) is 0 Å². The number of nitrogen functional groups attached to an aromatic ring is 2. The van der Waals surface area contributed by atoms with Crippen molar-refractivity contribution in [2.75, 3.05) is 16.8 Å².